The van der Waals surface area contributed by atoms with Crippen LogP contribution in [0.3, 0.4) is 0 Å². The van der Waals surface area contributed by atoms with Crippen molar-refractivity contribution in [1.82, 2.24) is 0 Å². The molecule has 1 saturated heterocycles. The fourth-order valence-corrected chi connectivity index (χ4v) is 6.23. The van der Waals surface area contributed by atoms with Gasteiger partial charge in [-0.25, -0.2) is 0 Å². The summed E-state index contributed by atoms with van der Waals surface area (Å²) in [6.07, 6.45) is 1.13. The molecule has 0 aromatic rings. The Morgan fingerprint density at radius 2 is 2.22 bits per heavy atom. The SMILES string of the molecule is CCC(C)N=C1SCC(CSC#C[Si](C)(C)C)S1. The van der Waals surface area contributed by atoms with Crippen LogP contribution < -0.4 is 0 Å². The van der Waals surface area contributed by atoms with Crippen LogP contribution in [-0.2, 0) is 0 Å². The van der Waals surface area contributed by atoms with Gasteiger partial charge in [-0.1, -0.05) is 61.9 Å². The molecule has 0 aromatic heterocycles. The van der Waals surface area contributed by atoms with Crippen molar-refractivity contribution in [2.75, 3.05) is 11.5 Å². The normalized spacial score (nSPS) is 23.8. The molecule has 5 heteroatoms. The first-order chi connectivity index (χ1) is 8.40. The molecule has 1 nitrogen and oxygen atoms in total. The van der Waals surface area contributed by atoms with Crippen molar-refractivity contribution in [3.05, 3.63) is 0 Å². The monoisotopic (exact) mass is 317 g/mol. The molecule has 0 saturated carbocycles. The van der Waals surface area contributed by atoms with Crippen LogP contribution in [0.1, 0.15) is 20.3 Å². The van der Waals surface area contributed by atoms with E-state index in [-0.39, 0.29) is 0 Å². The molecule has 102 valence electrons. The second-order valence-electron chi connectivity index (χ2n) is 5.49. The van der Waals surface area contributed by atoms with Gasteiger partial charge in [0.15, 0.2) is 0 Å². The first-order valence-electron chi connectivity index (χ1n) is 6.42. The van der Waals surface area contributed by atoms with Crippen molar-refractivity contribution in [2.24, 2.45) is 4.99 Å². The Morgan fingerprint density at radius 1 is 1.50 bits per heavy atom. The van der Waals surface area contributed by atoms with E-state index in [1.165, 1.54) is 10.1 Å². The van der Waals surface area contributed by atoms with Gasteiger partial charge in [0.25, 0.3) is 0 Å². The lowest BCUT2D eigenvalue weighted by molar-refractivity contribution is 0.721. The Hall–Kier alpha value is 0.497. The maximum Gasteiger partial charge on any atom is 0.130 e. The topological polar surface area (TPSA) is 12.4 Å². The summed E-state index contributed by atoms with van der Waals surface area (Å²) < 4.78 is 1.29. The van der Waals surface area contributed by atoms with Crippen LogP contribution in [-0.4, -0.2) is 35.2 Å². The quantitative estimate of drug-likeness (QED) is 0.557. The smallest absolute Gasteiger partial charge is 0.130 e. The first kappa shape index (κ1) is 16.6. The molecule has 1 aliphatic rings. The summed E-state index contributed by atoms with van der Waals surface area (Å²) >= 11 is 5.65. The van der Waals surface area contributed by atoms with E-state index in [4.69, 9.17) is 4.99 Å². The molecule has 0 N–H and O–H groups in total. The fraction of sp³-hybridized carbons (Fsp3) is 0.769. The maximum absolute atomic E-state index is 4.72. The van der Waals surface area contributed by atoms with E-state index in [0.717, 1.165) is 12.2 Å². The lowest BCUT2D eigenvalue weighted by atomic mass is 10.3. The van der Waals surface area contributed by atoms with E-state index in [1.807, 2.05) is 23.5 Å². The molecule has 1 rings (SSSR count). The number of aliphatic imine (C=N–C) groups is 1. The van der Waals surface area contributed by atoms with Crippen LogP contribution in [0.4, 0.5) is 0 Å². The van der Waals surface area contributed by atoms with Crippen molar-refractivity contribution in [3.8, 4) is 10.8 Å². The average Bonchev–Trinajstić information content (AvgIpc) is 2.71. The van der Waals surface area contributed by atoms with Crippen LogP contribution in [0.5, 0.6) is 0 Å². The summed E-state index contributed by atoms with van der Waals surface area (Å²) in [7, 11) is -1.19. The molecule has 0 radical (unpaired) electrons. The van der Waals surface area contributed by atoms with E-state index in [1.54, 1.807) is 11.8 Å². The minimum Gasteiger partial charge on any atom is -0.269 e. The molecule has 0 spiro atoms. The number of hydrogen-bond donors (Lipinski definition) is 0. The van der Waals surface area contributed by atoms with Crippen molar-refractivity contribution in [1.29, 1.82) is 0 Å². The highest BCUT2D eigenvalue weighted by Crippen LogP contribution is 2.35. The summed E-state index contributed by atoms with van der Waals surface area (Å²) in [4.78, 5) is 4.72. The molecular formula is C13H23NS3Si. The van der Waals surface area contributed by atoms with Gasteiger partial charge in [0, 0.05) is 22.8 Å². The number of nitrogens with zero attached hydrogens (tertiary/aromatic N) is 1. The van der Waals surface area contributed by atoms with Gasteiger partial charge >= 0.3 is 0 Å². The lowest BCUT2D eigenvalue weighted by Gasteiger charge is -2.05. The van der Waals surface area contributed by atoms with Gasteiger partial charge in [0.1, 0.15) is 12.4 Å². The predicted octanol–water partition coefficient (Wildman–Crippen LogP) is 4.56. The van der Waals surface area contributed by atoms with Gasteiger partial charge in [0.2, 0.25) is 0 Å². The summed E-state index contributed by atoms with van der Waals surface area (Å²) in [5.74, 6) is 2.33. The Kier molecular flexibility index (Phi) is 7.30. The van der Waals surface area contributed by atoms with Gasteiger partial charge in [-0.3, -0.25) is 4.99 Å². The van der Waals surface area contributed by atoms with Crippen molar-refractivity contribution in [2.45, 2.75) is 51.2 Å². The van der Waals surface area contributed by atoms with Crippen LogP contribution in [0.15, 0.2) is 4.99 Å². The van der Waals surface area contributed by atoms with Crippen LogP contribution in [0.2, 0.25) is 19.6 Å². The molecule has 0 aromatic carbocycles. The van der Waals surface area contributed by atoms with E-state index >= 15 is 0 Å². The summed E-state index contributed by atoms with van der Waals surface area (Å²) in [5, 5.41) is 3.98. The number of rotatable bonds is 4. The predicted molar refractivity (Wildman–Crippen MR) is 94.6 cm³/mol. The lowest BCUT2D eigenvalue weighted by Crippen LogP contribution is -2.16. The van der Waals surface area contributed by atoms with Crippen molar-refractivity contribution >= 4 is 47.7 Å². The average molecular weight is 318 g/mol. The fourth-order valence-electron chi connectivity index (χ4n) is 1.12. The summed E-state index contributed by atoms with van der Waals surface area (Å²) in [6, 6.07) is 0.470. The van der Waals surface area contributed by atoms with E-state index < -0.39 is 8.07 Å². The molecule has 2 unspecified atom stereocenters. The molecule has 1 fully saturated rings. The van der Waals surface area contributed by atoms with Gasteiger partial charge in [-0.05, 0) is 18.6 Å². The van der Waals surface area contributed by atoms with Crippen LogP contribution in [0.25, 0.3) is 0 Å². The summed E-state index contributed by atoms with van der Waals surface area (Å²) in [5.41, 5.74) is 3.40. The third-order valence-electron chi connectivity index (χ3n) is 2.34. The van der Waals surface area contributed by atoms with Gasteiger partial charge in [-0.15, -0.1) is 5.54 Å². The van der Waals surface area contributed by atoms with Crippen LogP contribution in [0, 0.1) is 10.8 Å². The molecule has 0 aliphatic carbocycles. The molecule has 1 heterocycles. The zero-order valence-corrected chi connectivity index (χ0v) is 15.4. The van der Waals surface area contributed by atoms with E-state index in [0.29, 0.717) is 11.3 Å². The molecule has 2 atom stereocenters. The molecule has 18 heavy (non-hydrogen) atoms. The number of hydrogen-bond acceptors (Lipinski definition) is 4. The van der Waals surface area contributed by atoms with E-state index in [2.05, 4.69) is 44.3 Å². The highest BCUT2D eigenvalue weighted by molar-refractivity contribution is 8.42. The summed E-state index contributed by atoms with van der Waals surface area (Å²) in [6.45, 7) is 11.3. The van der Waals surface area contributed by atoms with Crippen molar-refractivity contribution in [3.63, 3.8) is 0 Å². The zero-order chi connectivity index (χ0) is 13.6. The van der Waals surface area contributed by atoms with E-state index in [9.17, 15) is 0 Å². The second-order valence-corrected chi connectivity index (χ2v) is 13.6. The van der Waals surface area contributed by atoms with Gasteiger partial charge in [-0.2, -0.15) is 0 Å². The molecule has 0 bridgehead atoms. The third-order valence-corrected chi connectivity index (χ3v) is 7.18. The third kappa shape index (κ3) is 7.18. The number of thioether (sulfide) groups is 3. The largest absolute Gasteiger partial charge is 0.269 e. The minimum atomic E-state index is -1.19. The maximum atomic E-state index is 4.72. The zero-order valence-electron chi connectivity index (χ0n) is 11.9. The second kappa shape index (κ2) is 7.93. The standard InChI is InChI=1S/C13H23NS3Si/c1-6-11(2)14-13-16-10-12(17-13)9-15-7-8-18(3,4)5/h11-12H,6,9-10H2,1-5H3. The molecular weight excluding hydrogens is 294 g/mol. The Labute approximate surface area is 126 Å². The molecule has 1 aliphatic heterocycles. The Balaban J connectivity index is 2.30. The first-order valence-corrected chi connectivity index (χ1v) is 12.8. The highest BCUT2D eigenvalue weighted by atomic mass is 32.2. The van der Waals surface area contributed by atoms with Gasteiger partial charge < -0.3 is 0 Å². The van der Waals surface area contributed by atoms with Crippen molar-refractivity contribution < 1.29 is 0 Å². The minimum absolute atomic E-state index is 0.470. The molecule has 0 amide bonds. The Morgan fingerprint density at radius 3 is 2.83 bits per heavy atom. The highest BCUT2D eigenvalue weighted by Gasteiger charge is 2.22. The Bertz CT molecular complexity index is 351. The van der Waals surface area contributed by atoms with Crippen LogP contribution >= 0.6 is 35.3 Å². The van der Waals surface area contributed by atoms with Gasteiger partial charge in [0.05, 0.1) is 0 Å².